The summed E-state index contributed by atoms with van der Waals surface area (Å²) in [5.74, 6) is 0.122. The molecule has 0 saturated heterocycles. The first-order valence-electron chi connectivity index (χ1n) is 12.0. The number of aromatic hydroxyl groups is 1. The molecule has 0 saturated carbocycles. The second-order valence-corrected chi connectivity index (χ2v) is 8.85. The normalized spacial score (nSPS) is 15.4. The van der Waals surface area contributed by atoms with Gasteiger partial charge in [0.25, 0.3) is 5.56 Å². The minimum absolute atomic E-state index is 0.122. The Balaban J connectivity index is 1.83. The number of benzene rings is 2. The van der Waals surface area contributed by atoms with Crippen LogP contribution in [0.3, 0.4) is 0 Å². The molecule has 2 aromatic heterocycles. The highest BCUT2D eigenvalue weighted by Crippen LogP contribution is 2.43. The molecule has 0 aliphatic carbocycles. The van der Waals surface area contributed by atoms with Crippen molar-refractivity contribution in [2.75, 3.05) is 24.6 Å². The maximum absolute atomic E-state index is 13.4. The highest BCUT2D eigenvalue weighted by molar-refractivity contribution is 5.96. The van der Waals surface area contributed by atoms with E-state index in [-0.39, 0.29) is 11.3 Å². The van der Waals surface area contributed by atoms with E-state index in [2.05, 4.69) is 23.3 Å². The Morgan fingerprint density at radius 3 is 2.40 bits per heavy atom. The minimum atomic E-state index is -0.632. The molecular formula is C27H30N4O4. The summed E-state index contributed by atoms with van der Waals surface area (Å²) < 4.78 is 11.0. The van der Waals surface area contributed by atoms with Gasteiger partial charge in [-0.2, -0.15) is 0 Å². The molecule has 35 heavy (non-hydrogen) atoms. The maximum Gasteiger partial charge on any atom is 0.331 e. The average molecular weight is 475 g/mol. The molecule has 0 fully saturated rings. The maximum atomic E-state index is 13.4. The van der Waals surface area contributed by atoms with E-state index >= 15 is 0 Å². The molecule has 1 N–H and O–H groups in total. The van der Waals surface area contributed by atoms with Gasteiger partial charge in [-0.05, 0) is 25.5 Å². The van der Waals surface area contributed by atoms with Crippen molar-refractivity contribution < 1.29 is 9.84 Å². The van der Waals surface area contributed by atoms with E-state index in [0.29, 0.717) is 35.3 Å². The zero-order chi connectivity index (χ0) is 24.9. The molecule has 8 heteroatoms. The van der Waals surface area contributed by atoms with Crippen molar-refractivity contribution in [3.05, 3.63) is 80.6 Å². The van der Waals surface area contributed by atoms with Crippen LogP contribution < -0.4 is 16.1 Å². The van der Waals surface area contributed by atoms with E-state index in [0.717, 1.165) is 34.6 Å². The van der Waals surface area contributed by atoms with Crippen LogP contribution in [0.15, 0.2) is 58.1 Å². The average Bonchev–Trinajstić information content (AvgIpc) is 3.23. The zero-order valence-corrected chi connectivity index (χ0v) is 20.5. The molecule has 3 heterocycles. The van der Waals surface area contributed by atoms with Crippen molar-refractivity contribution in [2.24, 2.45) is 14.1 Å². The second-order valence-electron chi connectivity index (χ2n) is 8.85. The zero-order valence-electron chi connectivity index (χ0n) is 20.5. The van der Waals surface area contributed by atoms with Crippen LogP contribution in [0.1, 0.15) is 31.2 Å². The molecule has 4 aromatic rings. The van der Waals surface area contributed by atoms with Gasteiger partial charge in [0.05, 0.1) is 28.9 Å². The van der Waals surface area contributed by atoms with Crippen LogP contribution in [-0.4, -0.2) is 38.5 Å². The molecule has 182 valence electrons. The number of phenols is 1. The molecular weight excluding hydrogens is 444 g/mol. The highest BCUT2D eigenvalue weighted by Gasteiger charge is 2.34. The number of aromatic nitrogens is 3. The van der Waals surface area contributed by atoms with Crippen molar-refractivity contribution >= 4 is 16.6 Å². The van der Waals surface area contributed by atoms with Crippen molar-refractivity contribution in [3.8, 4) is 17.0 Å². The molecule has 1 unspecified atom stereocenters. The fraction of sp³-hybridized carbons (Fsp3) is 0.333. The third kappa shape index (κ3) is 3.47. The molecule has 0 spiro atoms. The van der Waals surface area contributed by atoms with Gasteiger partial charge in [0.1, 0.15) is 11.9 Å². The van der Waals surface area contributed by atoms with Gasteiger partial charge in [-0.25, -0.2) is 4.79 Å². The highest BCUT2D eigenvalue weighted by atomic mass is 16.5. The first-order chi connectivity index (χ1) is 16.9. The number of rotatable bonds is 5. The number of fused-ring (bicyclic) bond motifs is 3. The van der Waals surface area contributed by atoms with Gasteiger partial charge in [-0.15, -0.1) is 0 Å². The van der Waals surface area contributed by atoms with E-state index in [9.17, 15) is 14.7 Å². The number of hydrogen-bond acceptors (Lipinski definition) is 5. The summed E-state index contributed by atoms with van der Waals surface area (Å²) in [5, 5.41) is 11.6. The monoisotopic (exact) mass is 474 g/mol. The van der Waals surface area contributed by atoms with Crippen LogP contribution in [0.25, 0.3) is 22.2 Å². The van der Waals surface area contributed by atoms with Gasteiger partial charge < -0.3 is 19.3 Å². The molecule has 0 amide bonds. The smallest absolute Gasteiger partial charge is 0.331 e. The summed E-state index contributed by atoms with van der Waals surface area (Å²) in [6.07, 6.45) is -0.632. The Morgan fingerprint density at radius 2 is 1.74 bits per heavy atom. The van der Waals surface area contributed by atoms with Crippen LogP contribution in [0, 0.1) is 0 Å². The predicted molar refractivity (Wildman–Crippen MR) is 137 cm³/mol. The van der Waals surface area contributed by atoms with Crippen LogP contribution in [-0.2, 0) is 25.4 Å². The first kappa shape index (κ1) is 23.0. The van der Waals surface area contributed by atoms with Gasteiger partial charge in [0.2, 0.25) is 0 Å². The quantitative estimate of drug-likeness (QED) is 0.480. The van der Waals surface area contributed by atoms with E-state index in [1.54, 1.807) is 13.1 Å². The van der Waals surface area contributed by atoms with Crippen LogP contribution in [0.4, 0.5) is 5.69 Å². The van der Waals surface area contributed by atoms with Crippen LogP contribution in [0.5, 0.6) is 5.75 Å². The number of nitrogens with zero attached hydrogens (tertiary/aromatic N) is 4. The first-order valence-corrected chi connectivity index (χ1v) is 12.0. The van der Waals surface area contributed by atoms with Gasteiger partial charge in [0, 0.05) is 51.0 Å². The van der Waals surface area contributed by atoms with Gasteiger partial charge in [-0.1, -0.05) is 36.4 Å². The lowest BCUT2D eigenvalue weighted by Gasteiger charge is -2.29. The fourth-order valence-corrected chi connectivity index (χ4v) is 5.25. The van der Waals surface area contributed by atoms with Crippen molar-refractivity contribution in [2.45, 2.75) is 26.5 Å². The molecule has 0 bridgehead atoms. The lowest BCUT2D eigenvalue weighted by molar-refractivity contribution is 0.0464. The number of hydrogen-bond donors (Lipinski definition) is 1. The number of phenolic OH excluding ortho intramolecular Hbond substituents is 1. The topological polar surface area (TPSA) is 81.6 Å². The van der Waals surface area contributed by atoms with Gasteiger partial charge in [0.15, 0.2) is 0 Å². The molecule has 1 aliphatic rings. The number of ether oxygens (including phenoxy) is 1. The van der Waals surface area contributed by atoms with E-state index in [4.69, 9.17) is 4.74 Å². The van der Waals surface area contributed by atoms with Gasteiger partial charge in [-0.3, -0.25) is 13.9 Å². The van der Waals surface area contributed by atoms with E-state index in [1.165, 1.54) is 11.6 Å². The number of anilines is 1. The molecule has 5 rings (SSSR count). The Labute approximate surface area is 203 Å². The fourth-order valence-electron chi connectivity index (χ4n) is 5.25. The lowest BCUT2D eigenvalue weighted by atomic mass is 10.0. The Morgan fingerprint density at radius 1 is 1.03 bits per heavy atom. The Kier molecular flexibility index (Phi) is 5.76. The predicted octanol–water partition coefficient (Wildman–Crippen LogP) is 3.38. The molecule has 0 radical (unpaired) electrons. The third-order valence-electron chi connectivity index (χ3n) is 7.02. The lowest BCUT2D eigenvalue weighted by Crippen LogP contribution is -2.37. The summed E-state index contributed by atoms with van der Waals surface area (Å²) in [4.78, 5) is 28.6. The summed E-state index contributed by atoms with van der Waals surface area (Å²) in [5.41, 5.74) is 3.68. The van der Waals surface area contributed by atoms with Gasteiger partial charge >= 0.3 is 5.69 Å². The van der Waals surface area contributed by atoms with Crippen LogP contribution in [0.2, 0.25) is 0 Å². The summed E-state index contributed by atoms with van der Waals surface area (Å²) in [6.45, 7) is 6.74. The van der Waals surface area contributed by atoms with Crippen molar-refractivity contribution in [3.63, 3.8) is 0 Å². The molecule has 1 atom stereocenters. The van der Waals surface area contributed by atoms with Crippen molar-refractivity contribution in [1.82, 2.24) is 13.7 Å². The molecule has 2 aromatic carbocycles. The second kappa shape index (κ2) is 8.78. The Hall–Kier alpha value is -3.78. The largest absolute Gasteiger partial charge is 0.507 e. The Bertz CT molecular complexity index is 1530. The summed E-state index contributed by atoms with van der Waals surface area (Å²) in [6, 6.07) is 15.3. The standard InChI is InChI=1S/C27H30N4O4/c1-5-30(6-2)18-12-13-19(20(32)16-18)25-24-23-21(26(33)29(4)27(34)28(23)3)22(31(24)14-15-35-25)17-10-8-7-9-11-17/h7-13,16,25,32H,5-6,14-15H2,1-4H3. The third-order valence-corrected chi connectivity index (χ3v) is 7.02. The summed E-state index contributed by atoms with van der Waals surface area (Å²) in [7, 11) is 3.18. The van der Waals surface area contributed by atoms with Crippen molar-refractivity contribution in [1.29, 1.82) is 0 Å². The summed E-state index contributed by atoms with van der Waals surface area (Å²) >= 11 is 0. The minimum Gasteiger partial charge on any atom is -0.507 e. The number of aryl methyl sites for hydroxylation is 1. The van der Waals surface area contributed by atoms with Crippen LogP contribution >= 0.6 is 0 Å². The molecule has 1 aliphatic heterocycles. The van der Waals surface area contributed by atoms with E-state index < -0.39 is 11.8 Å². The SMILES string of the molecule is CCN(CC)c1ccc(C2OCCn3c(-c4ccccc4)c4c(=O)n(C)c(=O)n(C)c4c32)c(O)c1. The van der Waals surface area contributed by atoms with E-state index in [1.807, 2.05) is 42.5 Å². The molecule has 8 nitrogen and oxygen atoms in total.